The molecule has 1 aliphatic heterocycles. The van der Waals surface area contributed by atoms with E-state index >= 15 is 4.39 Å². The fraction of sp³-hybridized carbons (Fsp3) is 0.458. The number of carbonyl (C=O) groups excluding carboxylic acids is 1. The molecule has 2 N–H and O–H groups in total. The van der Waals surface area contributed by atoms with Crippen LogP contribution in [0.4, 0.5) is 13.2 Å². The third-order valence-electron chi connectivity index (χ3n) is 6.92. The summed E-state index contributed by atoms with van der Waals surface area (Å²) < 4.78 is 69.4. The number of nitrogens with one attached hydrogen (secondary N) is 1. The molecule has 2 atom stereocenters. The van der Waals surface area contributed by atoms with Crippen LogP contribution in [0.15, 0.2) is 36.4 Å². The van der Waals surface area contributed by atoms with Crippen LogP contribution in [0, 0.1) is 22.9 Å². The number of sulfonamides is 1. The lowest BCUT2D eigenvalue weighted by atomic mass is 9.68. The van der Waals surface area contributed by atoms with E-state index in [0.29, 0.717) is 25.3 Å². The van der Waals surface area contributed by atoms with Gasteiger partial charge in [-0.15, -0.1) is 0 Å². The second kappa shape index (κ2) is 9.31. The number of aliphatic hydroxyl groups excluding tert-OH is 1. The van der Waals surface area contributed by atoms with Crippen LogP contribution in [0.5, 0.6) is 0 Å². The largest absolute Gasteiger partial charge is 0.395 e. The Balaban J connectivity index is 1.68. The molecule has 2 fully saturated rings. The maximum atomic E-state index is 15.5. The van der Waals surface area contributed by atoms with E-state index in [1.807, 2.05) is 0 Å². The Morgan fingerprint density at radius 1 is 1.18 bits per heavy atom. The van der Waals surface area contributed by atoms with Gasteiger partial charge in [0.2, 0.25) is 15.9 Å². The minimum atomic E-state index is -3.60. The van der Waals surface area contributed by atoms with Crippen LogP contribution in [0.25, 0.3) is 11.1 Å². The highest BCUT2D eigenvalue weighted by molar-refractivity contribution is 7.88. The number of amides is 1. The SMILES string of the molecule is CS(=O)(=O)N[C@H]1CCN(C(=O)C2(CO)CCC2)[C@H]1Cc1cccc(-c2cc(F)cc(F)c2)c1F. The number of rotatable bonds is 7. The predicted molar refractivity (Wildman–Crippen MR) is 121 cm³/mol. The number of hydrogen-bond donors (Lipinski definition) is 2. The average Bonchev–Trinajstić information content (AvgIpc) is 3.08. The molecule has 1 saturated heterocycles. The first kappa shape index (κ1) is 24.7. The first-order valence-corrected chi connectivity index (χ1v) is 13.1. The minimum absolute atomic E-state index is 0.00208. The van der Waals surface area contributed by atoms with Gasteiger partial charge in [-0.25, -0.2) is 26.3 Å². The number of aliphatic hydroxyl groups is 1. The molecule has 0 bridgehead atoms. The Morgan fingerprint density at radius 2 is 1.85 bits per heavy atom. The Morgan fingerprint density at radius 3 is 2.41 bits per heavy atom. The first-order chi connectivity index (χ1) is 16.0. The zero-order chi connectivity index (χ0) is 24.7. The minimum Gasteiger partial charge on any atom is -0.395 e. The van der Waals surface area contributed by atoms with Gasteiger partial charge in [0, 0.05) is 24.2 Å². The summed E-state index contributed by atoms with van der Waals surface area (Å²) >= 11 is 0. The van der Waals surface area contributed by atoms with Crippen molar-refractivity contribution in [1.82, 2.24) is 9.62 Å². The summed E-state index contributed by atoms with van der Waals surface area (Å²) in [4.78, 5) is 14.9. The fourth-order valence-corrected chi connectivity index (χ4v) is 5.84. The first-order valence-electron chi connectivity index (χ1n) is 11.2. The van der Waals surface area contributed by atoms with Crippen molar-refractivity contribution in [3.8, 4) is 11.1 Å². The summed E-state index contributed by atoms with van der Waals surface area (Å²) in [6.45, 7) is -0.0247. The van der Waals surface area contributed by atoms with Crippen molar-refractivity contribution in [2.45, 2.75) is 44.2 Å². The van der Waals surface area contributed by atoms with Gasteiger partial charge in [0.1, 0.15) is 17.5 Å². The standard InChI is InChI=1S/C24H27F3N2O4S/c1-34(32,33)28-20-6-9-29(23(31)24(14-30)7-3-8-24)21(20)12-15-4-2-5-19(22(15)27)16-10-17(25)13-18(26)11-16/h2,4-5,10-11,13,20-21,28,30H,3,6-9,12,14H2,1H3/t20-,21-/m0/s1. The molecule has 1 amide bonds. The van der Waals surface area contributed by atoms with E-state index in [1.165, 1.54) is 12.1 Å². The van der Waals surface area contributed by atoms with Gasteiger partial charge in [-0.1, -0.05) is 24.6 Å². The van der Waals surface area contributed by atoms with Crippen LogP contribution in [-0.4, -0.2) is 55.8 Å². The second-order valence-corrected chi connectivity index (χ2v) is 11.1. The van der Waals surface area contributed by atoms with E-state index in [9.17, 15) is 27.1 Å². The highest BCUT2D eigenvalue weighted by atomic mass is 32.2. The molecule has 0 spiro atoms. The predicted octanol–water partition coefficient (Wildman–Crippen LogP) is 2.99. The monoisotopic (exact) mass is 496 g/mol. The van der Waals surface area contributed by atoms with E-state index in [0.717, 1.165) is 24.8 Å². The number of benzene rings is 2. The normalized spacial score (nSPS) is 22.0. The van der Waals surface area contributed by atoms with Gasteiger partial charge in [0.15, 0.2) is 0 Å². The molecule has 184 valence electrons. The summed E-state index contributed by atoms with van der Waals surface area (Å²) in [6, 6.07) is 5.93. The van der Waals surface area contributed by atoms with Crippen LogP contribution in [0.1, 0.15) is 31.2 Å². The van der Waals surface area contributed by atoms with Crippen molar-refractivity contribution in [3.05, 3.63) is 59.4 Å². The molecule has 1 heterocycles. The number of nitrogens with zero attached hydrogens (tertiary/aromatic N) is 1. The molecule has 1 aliphatic carbocycles. The average molecular weight is 497 g/mol. The summed E-state index contributed by atoms with van der Waals surface area (Å²) in [5, 5.41) is 9.87. The number of hydrogen-bond acceptors (Lipinski definition) is 4. The second-order valence-electron chi connectivity index (χ2n) is 9.28. The van der Waals surface area contributed by atoms with E-state index in [-0.39, 0.29) is 42.2 Å². The van der Waals surface area contributed by atoms with E-state index in [2.05, 4.69) is 4.72 Å². The Bertz CT molecular complexity index is 1170. The molecule has 10 heteroatoms. The molecule has 2 aromatic carbocycles. The molecule has 2 aliphatic rings. The van der Waals surface area contributed by atoms with Crippen LogP contribution >= 0.6 is 0 Å². The Labute approximate surface area is 196 Å². The Hall–Kier alpha value is -2.43. The lowest BCUT2D eigenvalue weighted by molar-refractivity contribution is -0.152. The van der Waals surface area contributed by atoms with Crippen molar-refractivity contribution in [2.75, 3.05) is 19.4 Å². The molecule has 0 aromatic heterocycles. The molecule has 4 rings (SSSR count). The lowest BCUT2D eigenvalue weighted by Crippen LogP contribution is -2.55. The van der Waals surface area contributed by atoms with E-state index < -0.39 is 45.0 Å². The van der Waals surface area contributed by atoms with Gasteiger partial charge in [-0.05, 0) is 48.9 Å². The fourth-order valence-electron chi connectivity index (χ4n) is 5.01. The molecule has 6 nitrogen and oxygen atoms in total. The highest BCUT2D eigenvalue weighted by Gasteiger charge is 2.50. The van der Waals surface area contributed by atoms with E-state index in [4.69, 9.17) is 0 Å². The zero-order valence-corrected chi connectivity index (χ0v) is 19.5. The van der Waals surface area contributed by atoms with Crippen molar-refractivity contribution in [2.24, 2.45) is 5.41 Å². The highest BCUT2D eigenvalue weighted by Crippen LogP contribution is 2.43. The van der Waals surface area contributed by atoms with Crippen LogP contribution < -0.4 is 4.72 Å². The molecule has 0 radical (unpaired) electrons. The number of halogens is 3. The third kappa shape index (κ3) is 4.85. The van der Waals surface area contributed by atoms with Crippen LogP contribution in [0.2, 0.25) is 0 Å². The Kier molecular flexibility index (Phi) is 6.76. The van der Waals surface area contributed by atoms with Gasteiger partial charge in [-0.3, -0.25) is 4.79 Å². The maximum absolute atomic E-state index is 15.5. The quantitative estimate of drug-likeness (QED) is 0.617. The number of likely N-dealkylation sites (tertiary alicyclic amines) is 1. The van der Waals surface area contributed by atoms with E-state index in [1.54, 1.807) is 11.0 Å². The lowest BCUT2D eigenvalue weighted by Gasteiger charge is -2.43. The van der Waals surface area contributed by atoms with Crippen molar-refractivity contribution in [3.63, 3.8) is 0 Å². The summed E-state index contributed by atoms with van der Waals surface area (Å²) in [6.07, 6.45) is 3.28. The van der Waals surface area contributed by atoms with Crippen molar-refractivity contribution >= 4 is 15.9 Å². The summed E-state index contributed by atoms with van der Waals surface area (Å²) in [5.41, 5.74) is -0.641. The number of carbonyl (C=O) groups is 1. The smallest absolute Gasteiger partial charge is 0.231 e. The van der Waals surface area contributed by atoms with Gasteiger partial charge in [-0.2, -0.15) is 0 Å². The summed E-state index contributed by atoms with van der Waals surface area (Å²) in [5.74, 6) is -2.61. The van der Waals surface area contributed by atoms with Gasteiger partial charge in [0.25, 0.3) is 0 Å². The van der Waals surface area contributed by atoms with Crippen LogP contribution in [-0.2, 0) is 21.2 Å². The van der Waals surface area contributed by atoms with Gasteiger partial charge in [0.05, 0.1) is 24.3 Å². The molecular formula is C24H27F3N2O4S. The maximum Gasteiger partial charge on any atom is 0.231 e. The molecule has 34 heavy (non-hydrogen) atoms. The van der Waals surface area contributed by atoms with Crippen molar-refractivity contribution < 1.29 is 31.5 Å². The molecule has 2 aromatic rings. The molecule has 0 unspecified atom stereocenters. The topological polar surface area (TPSA) is 86.7 Å². The molecular weight excluding hydrogens is 469 g/mol. The third-order valence-corrected chi connectivity index (χ3v) is 7.65. The molecule has 1 saturated carbocycles. The zero-order valence-electron chi connectivity index (χ0n) is 18.7. The van der Waals surface area contributed by atoms with Gasteiger partial charge < -0.3 is 10.0 Å². The van der Waals surface area contributed by atoms with Crippen LogP contribution in [0.3, 0.4) is 0 Å². The van der Waals surface area contributed by atoms with Crippen molar-refractivity contribution in [1.29, 1.82) is 0 Å². The van der Waals surface area contributed by atoms with Gasteiger partial charge >= 0.3 is 0 Å². The summed E-state index contributed by atoms with van der Waals surface area (Å²) in [7, 11) is -3.60.